The molecule has 122 valence electrons. The van der Waals surface area contributed by atoms with Crippen molar-refractivity contribution in [3.8, 4) is 11.5 Å². The molecule has 0 spiro atoms. The highest BCUT2D eigenvalue weighted by Crippen LogP contribution is 2.28. The molecule has 2 aromatic carbocycles. The van der Waals surface area contributed by atoms with Crippen LogP contribution in [0.2, 0.25) is 0 Å². The Hall–Kier alpha value is -2.60. The molecule has 6 heteroatoms. The van der Waals surface area contributed by atoms with Gasteiger partial charge >= 0.3 is 5.97 Å². The lowest BCUT2D eigenvalue weighted by Gasteiger charge is -2.05. The third kappa shape index (κ3) is 3.33. The Balaban J connectivity index is 1.89. The van der Waals surface area contributed by atoms with Gasteiger partial charge < -0.3 is 14.2 Å². The molecule has 0 saturated carbocycles. The number of hydrogen-bond acceptors (Lipinski definition) is 5. The molecule has 0 unspecified atom stereocenters. The van der Waals surface area contributed by atoms with Crippen molar-refractivity contribution in [2.45, 2.75) is 0 Å². The van der Waals surface area contributed by atoms with Crippen LogP contribution in [0, 0.1) is 0 Å². The van der Waals surface area contributed by atoms with Crippen molar-refractivity contribution in [1.29, 1.82) is 0 Å². The van der Waals surface area contributed by atoms with Crippen LogP contribution in [0.4, 0.5) is 0 Å². The molecule has 0 saturated heterocycles. The lowest BCUT2D eigenvalue weighted by molar-refractivity contribution is -0.129. The fourth-order valence-corrected chi connectivity index (χ4v) is 2.73. The number of hydrogen-bond donors (Lipinski definition) is 0. The molecule has 0 N–H and O–H groups in total. The lowest BCUT2D eigenvalue weighted by Crippen LogP contribution is -2.05. The first kappa shape index (κ1) is 16.3. The summed E-state index contributed by atoms with van der Waals surface area (Å²) < 4.78 is 16.3. The van der Waals surface area contributed by atoms with Gasteiger partial charge in [-0.05, 0) is 57.9 Å². The molecule has 0 aliphatic carbocycles. The van der Waals surface area contributed by atoms with E-state index in [0.717, 1.165) is 15.8 Å². The van der Waals surface area contributed by atoms with Crippen molar-refractivity contribution in [3.05, 3.63) is 63.8 Å². The van der Waals surface area contributed by atoms with Crippen LogP contribution in [0.5, 0.6) is 11.5 Å². The van der Waals surface area contributed by atoms with Gasteiger partial charge in [0.1, 0.15) is 11.5 Å². The summed E-state index contributed by atoms with van der Waals surface area (Å²) in [5.41, 5.74) is 1.78. The highest BCUT2D eigenvalue weighted by Gasteiger charge is 2.24. The van der Waals surface area contributed by atoms with E-state index < -0.39 is 5.97 Å². The number of carbonyl (C=O) groups excluding carboxylic acids is 1. The minimum absolute atomic E-state index is 0.252. The van der Waals surface area contributed by atoms with Crippen LogP contribution in [0.15, 0.2) is 57.6 Å². The summed E-state index contributed by atoms with van der Waals surface area (Å²) in [7, 11) is 3.19. The molecular weight excluding hydrogens is 374 g/mol. The molecule has 0 radical (unpaired) electrons. The van der Waals surface area contributed by atoms with Gasteiger partial charge in [-0.2, -0.15) is 0 Å². The van der Waals surface area contributed by atoms with E-state index in [-0.39, 0.29) is 11.6 Å². The summed E-state index contributed by atoms with van der Waals surface area (Å²) in [5, 5.41) is 0. The van der Waals surface area contributed by atoms with E-state index >= 15 is 0 Å². The summed E-state index contributed by atoms with van der Waals surface area (Å²) in [6.07, 6.45) is 1.67. The molecule has 0 atom stereocenters. The average Bonchev–Trinajstić information content (AvgIpc) is 2.96. The minimum Gasteiger partial charge on any atom is -0.497 e. The van der Waals surface area contributed by atoms with E-state index in [0.29, 0.717) is 11.3 Å². The second-order valence-electron chi connectivity index (χ2n) is 4.96. The zero-order valence-electron chi connectivity index (χ0n) is 13.1. The van der Waals surface area contributed by atoms with Gasteiger partial charge in [0.05, 0.1) is 18.7 Å². The van der Waals surface area contributed by atoms with E-state index in [2.05, 4.69) is 20.9 Å². The summed E-state index contributed by atoms with van der Waals surface area (Å²) in [6.45, 7) is 0. The zero-order valence-corrected chi connectivity index (χ0v) is 14.7. The van der Waals surface area contributed by atoms with Gasteiger partial charge in [0, 0.05) is 5.56 Å². The highest BCUT2D eigenvalue weighted by molar-refractivity contribution is 9.10. The molecule has 0 aromatic heterocycles. The molecular formula is C18H14BrNO4. The van der Waals surface area contributed by atoms with Crippen LogP contribution in [-0.4, -0.2) is 26.1 Å². The van der Waals surface area contributed by atoms with Crippen LogP contribution in [0.1, 0.15) is 11.1 Å². The predicted molar refractivity (Wildman–Crippen MR) is 94.3 cm³/mol. The van der Waals surface area contributed by atoms with E-state index in [4.69, 9.17) is 14.2 Å². The molecule has 2 aromatic rings. The van der Waals surface area contributed by atoms with E-state index in [1.807, 2.05) is 24.3 Å². The van der Waals surface area contributed by atoms with Crippen LogP contribution in [0.3, 0.4) is 0 Å². The standard InChI is InChI=1S/C18H14BrNO4/c1-22-13-6-3-11(4-7-13)9-15-18(21)24-17(20-15)12-5-8-16(23-2)14(19)10-12/h3-10H,1-2H3. The van der Waals surface area contributed by atoms with Crippen molar-refractivity contribution in [1.82, 2.24) is 0 Å². The van der Waals surface area contributed by atoms with Gasteiger partial charge in [0.2, 0.25) is 5.90 Å². The summed E-state index contributed by atoms with van der Waals surface area (Å²) in [4.78, 5) is 16.3. The molecule has 0 bridgehead atoms. The van der Waals surface area contributed by atoms with Gasteiger partial charge in [-0.3, -0.25) is 0 Å². The number of rotatable bonds is 4. The Labute approximate surface area is 147 Å². The first-order chi connectivity index (χ1) is 11.6. The second-order valence-corrected chi connectivity index (χ2v) is 5.81. The molecule has 3 rings (SSSR count). The Morgan fingerprint density at radius 3 is 2.46 bits per heavy atom. The van der Waals surface area contributed by atoms with Crippen molar-refractivity contribution < 1.29 is 19.0 Å². The smallest absolute Gasteiger partial charge is 0.363 e. The fraction of sp³-hybridized carbons (Fsp3) is 0.111. The summed E-state index contributed by atoms with van der Waals surface area (Å²) >= 11 is 3.41. The van der Waals surface area contributed by atoms with Crippen LogP contribution in [-0.2, 0) is 9.53 Å². The number of methoxy groups -OCH3 is 2. The molecule has 1 heterocycles. The monoisotopic (exact) mass is 387 g/mol. The Bertz CT molecular complexity index is 841. The van der Waals surface area contributed by atoms with Crippen molar-refractivity contribution in [2.24, 2.45) is 4.99 Å². The van der Waals surface area contributed by atoms with Gasteiger partial charge in [0.25, 0.3) is 0 Å². The van der Waals surface area contributed by atoms with Crippen molar-refractivity contribution in [3.63, 3.8) is 0 Å². The second kappa shape index (κ2) is 6.88. The van der Waals surface area contributed by atoms with Crippen molar-refractivity contribution >= 4 is 33.9 Å². The molecule has 1 aliphatic heterocycles. The maximum atomic E-state index is 12.0. The maximum absolute atomic E-state index is 12.0. The summed E-state index contributed by atoms with van der Waals surface area (Å²) in [5.74, 6) is 1.23. The number of ether oxygens (including phenoxy) is 3. The predicted octanol–water partition coefficient (Wildman–Crippen LogP) is 3.81. The van der Waals surface area contributed by atoms with Crippen molar-refractivity contribution in [2.75, 3.05) is 14.2 Å². The first-order valence-electron chi connectivity index (χ1n) is 7.11. The largest absolute Gasteiger partial charge is 0.497 e. The normalized spacial score (nSPS) is 15.2. The van der Waals surface area contributed by atoms with Crippen LogP contribution >= 0.6 is 15.9 Å². The average molecular weight is 388 g/mol. The molecule has 24 heavy (non-hydrogen) atoms. The molecule has 5 nitrogen and oxygen atoms in total. The number of nitrogens with zero attached hydrogens (tertiary/aromatic N) is 1. The number of esters is 1. The first-order valence-corrected chi connectivity index (χ1v) is 7.90. The van der Waals surface area contributed by atoms with Gasteiger partial charge in [-0.15, -0.1) is 0 Å². The van der Waals surface area contributed by atoms with Gasteiger partial charge in [-0.25, -0.2) is 9.79 Å². The van der Waals surface area contributed by atoms with E-state index in [1.54, 1.807) is 38.5 Å². The molecule has 0 fully saturated rings. The van der Waals surface area contributed by atoms with E-state index in [9.17, 15) is 4.79 Å². The number of carbonyl (C=O) groups is 1. The number of halogens is 1. The van der Waals surface area contributed by atoms with Gasteiger partial charge in [0.15, 0.2) is 5.70 Å². The SMILES string of the molecule is COc1ccc(C=C2N=C(c3ccc(OC)c(Br)c3)OC2=O)cc1. The quantitative estimate of drug-likeness (QED) is 0.591. The number of aliphatic imine (C=N–C) groups is 1. The number of cyclic esters (lactones) is 1. The Morgan fingerprint density at radius 2 is 1.83 bits per heavy atom. The van der Waals surface area contributed by atoms with Crippen LogP contribution in [0.25, 0.3) is 6.08 Å². The maximum Gasteiger partial charge on any atom is 0.363 e. The Morgan fingerprint density at radius 1 is 1.08 bits per heavy atom. The van der Waals surface area contributed by atoms with Gasteiger partial charge in [-0.1, -0.05) is 12.1 Å². The minimum atomic E-state index is -0.479. The lowest BCUT2D eigenvalue weighted by atomic mass is 10.2. The topological polar surface area (TPSA) is 57.1 Å². The van der Waals surface area contributed by atoms with Crippen LogP contribution < -0.4 is 9.47 Å². The van der Waals surface area contributed by atoms with E-state index in [1.165, 1.54) is 0 Å². The fourth-order valence-electron chi connectivity index (χ4n) is 2.19. The molecule has 0 amide bonds. The summed E-state index contributed by atoms with van der Waals surface area (Å²) in [6, 6.07) is 12.7. The third-order valence-corrected chi connectivity index (χ3v) is 4.06. The Kier molecular flexibility index (Phi) is 4.66. The zero-order chi connectivity index (χ0) is 17.1. The highest BCUT2D eigenvalue weighted by atomic mass is 79.9. The third-order valence-electron chi connectivity index (χ3n) is 3.44. The number of benzene rings is 2. The molecule has 1 aliphatic rings.